The van der Waals surface area contributed by atoms with Crippen LogP contribution < -0.4 is 26.4 Å². The van der Waals surface area contributed by atoms with Gasteiger partial charge in [0.25, 0.3) is 5.91 Å². The number of Topliss-reactive ketones (excluding diaryl/α,β-unsaturated/α-hetero) is 1. The summed E-state index contributed by atoms with van der Waals surface area (Å²) in [4.78, 5) is 83.0. The van der Waals surface area contributed by atoms with Gasteiger partial charge in [-0.3, -0.25) is 28.8 Å². The first-order valence-corrected chi connectivity index (χ1v) is 22.9. The van der Waals surface area contributed by atoms with Crippen molar-refractivity contribution in [2.24, 2.45) is 11.7 Å². The Morgan fingerprint density at radius 1 is 0.917 bits per heavy atom. The maximum Gasteiger partial charge on any atom is 0.289 e. The second-order valence-electron chi connectivity index (χ2n) is 16.2. The largest absolute Gasteiger partial charge is 0.372 e. The lowest BCUT2D eigenvalue weighted by Gasteiger charge is -2.32. The van der Waals surface area contributed by atoms with Crippen molar-refractivity contribution in [1.29, 1.82) is 0 Å². The quantitative estimate of drug-likeness (QED) is 0.0629. The lowest BCUT2D eigenvalue weighted by Crippen LogP contribution is -2.58. The van der Waals surface area contributed by atoms with Gasteiger partial charge in [0.1, 0.15) is 18.1 Å². The zero-order valence-electron chi connectivity index (χ0n) is 35.2. The lowest BCUT2D eigenvalue weighted by molar-refractivity contribution is -0.143. The Morgan fingerprint density at radius 2 is 1.60 bits per heavy atom. The van der Waals surface area contributed by atoms with Gasteiger partial charge in [0, 0.05) is 19.5 Å². The van der Waals surface area contributed by atoms with Gasteiger partial charge in [-0.1, -0.05) is 93.9 Å². The summed E-state index contributed by atoms with van der Waals surface area (Å²) in [6.07, 6.45) is 6.75. The Bertz CT molecular complexity index is 1930. The topological polar surface area (TPSA) is 223 Å². The summed E-state index contributed by atoms with van der Waals surface area (Å²) in [5.74, 6) is -4.73. The number of likely N-dealkylation sites (tertiary alicyclic amines) is 1. The zero-order valence-corrected chi connectivity index (χ0v) is 36.0. The molecule has 0 radical (unpaired) electrons. The smallest absolute Gasteiger partial charge is 0.289 e. The number of ether oxygens (including phenoxy) is 1. The third-order valence-corrected chi connectivity index (χ3v) is 11.4. The number of ketones is 1. The first-order chi connectivity index (χ1) is 28.6. The maximum absolute atomic E-state index is 14.8. The minimum absolute atomic E-state index is 0.00255. The van der Waals surface area contributed by atoms with Gasteiger partial charge in [0.05, 0.1) is 30.9 Å². The van der Waals surface area contributed by atoms with Crippen LogP contribution in [0.3, 0.4) is 0 Å². The summed E-state index contributed by atoms with van der Waals surface area (Å²) in [6, 6.07) is 13.8. The Labute approximate surface area is 354 Å². The molecule has 0 spiro atoms. The molecular weight excluding hydrogens is 789 g/mol. The summed E-state index contributed by atoms with van der Waals surface area (Å²) in [6.45, 7) is 5.83. The Balaban J connectivity index is 1.53. The van der Waals surface area contributed by atoms with Gasteiger partial charge in [-0.15, -0.1) is 0 Å². The Morgan fingerprint density at radius 3 is 2.20 bits per heavy atom. The number of nitrogens with two attached hydrogens (primary N) is 1. The summed E-state index contributed by atoms with van der Waals surface area (Å²) in [7, 11) is -3.78. The molecule has 328 valence electrons. The number of carbonyl (C=O) groups is 6. The normalized spacial score (nSPS) is 18.8. The molecular formula is C44H62N6O9S. The van der Waals surface area contributed by atoms with Crippen molar-refractivity contribution in [3.63, 3.8) is 0 Å². The van der Waals surface area contributed by atoms with Crippen LogP contribution in [0.25, 0.3) is 0 Å². The van der Waals surface area contributed by atoms with Crippen molar-refractivity contribution in [3.05, 3.63) is 83.4 Å². The van der Waals surface area contributed by atoms with Gasteiger partial charge in [0.2, 0.25) is 39.4 Å². The molecule has 0 aromatic heterocycles. The van der Waals surface area contributed by atoms with E-state index in [-0.39, 0.29) is 44.9 Å². The molecule has 2 aromatic rings. The fourth-order valence-corrected chi connectivity index (χ4v) is 8.44. The van der Waals surface area contributed by atoms with Crippen LogP contribution in [-0.2, 0) is 50.1 Å². The molecule has 0 saturated carbocycles. The van der Waals surface area contributed by atoms with E-state index < -0.39 is 81.5 Å². The van der Waals surface area contributed by atoms with Crippen molar-refractivity contribution in [1.82, 2.24) is 25.6 Å². The minimum Gasteiger partial charge on any atom is -0.372 e. The predicted molar refractivity (Wildman–Crippen MR) is 227 cm³/mol. The number of benzene rings is 2. The number of nitrogens with zero attached hydrogens (tertiary/aromatic N) is 1. The highest BCUT2D eigenvalue weighted by Gasteiger charge is 2.45. The van der Waals surface area contributed by atoms with Crippen LogP contribution in [0.15, 0.2) is 72.3 Å². The van der Waals surface area contributed by atoms with Gasteiger partial charge in [0.15, 0.2) is 0 Å². The van der Waals surface area contributed by atoms with Crippen LogP contribution in [0.2, 0.25) is 0 Å². The SMILES string of the molecule is CCCC(NC(=O)[C@@H]1C[C@@H](OCc2ccccc2)CN1C(=O)[C@@H](NC(=O)[C@H](CC(C)C)NS(C)(=O)=O)C1=CCCCC1)C(=O)C(=O)NCCCC(C(N)=O)c1ccccc1. The van der Waals surface area contributed by atoms with Crippen molar-refractivity contribution < 1.29 is 41.9 Å². The zero-order chi connectivity index (χ0) is 43.8. The number of nitrogens with one attached hydrogen (secondary N) is 4. The van der Waals surface area contributed by atoms with E-state index >= 15 is 0 Å². The molecule has 5 amide bonds. The summed E-state index contributed by atoms with van der Waals surface area (Å²) >= 11 is 0. The number of rotatable bonds is 23. The van der Waals surface area contributed by atoms with Gasteiger partial charge in [-0.05, 0) is 74.0 Å². The van der Waals surface area contributed by atoms with Gasteiger partial charge >= 0.3 is 0 Å². The molecule has 1 heterocycles. The monoisotopic (exact) mass is 850 g/mol. The molecule has 1 saturated heterocycles. The van der Waals surface area contributed by atoms with Crippen LogP contribution >= 0.6 is 0 Å². The molecule has 0 bridgehead atoms. The Kier molecular flexibility index (Phi) is 18.4. The van der Waals surface area contributed by atoms with Crippen molar-refractivity contribution in [3.8, 4) is 0 Å². The van der Waals surface area contributed by atoms with E-state index in [4.69, 9.17) is 10.5 Å². The van der Waals surface area contributed by atoms with Gasteiger partial charge < -0.3 is 31.3 Å². The number of amides is 5. The van der Waals surface area contributed by atoms with Crippen molar-refractivity contribution >= 4 is 45.3 Å². The van der Waals surface area contributed by atoms with Crippen molar-refractivity contribution in [2.45, 2.75) is 128 Å². The summed E-state index contributed by atoms with van der Waals surface area (Å²) < 4.78 is 33.2. The van der Waals surface area contributed by atoms with E-state index in [0.717, 1.165) is 30.2 Å². The van der Waals surface area contributed by atoms with Crippen LogP contribution in [0, 0.1) is 5.92 Å². The van der Waals surface area contributed by atoms with Gasteiger partial charge in [-0.2, -0.15) is 0 Å². The highest BCUT2D eigenvalue weighted by Crippen LogP contribution is 2.28. The first kappa shape index (κ1) is 47.7. The summed E-state index contributed by atoms with van der Waals surface area (Å²) in [5.41, 5.74) is 7.95. The van der Waals surface area contributed by atoms with E-state index in [2.05, 4.69) is 20.7 Å². The number of carbonyl (C=O) groups excluding carboxylic acids is 6. The molecule has 2 unspecified atom stereocenters. The maximum atomic E-state index is 14.8. The predicted octanol–water partition coefficient (Wildman–Crippen LogP) is 3.14. The highest BCUT2D eigenvalue weighted by atomic mass is 32.2. The van der Waals surface area contributed by atoms with Crippen LogP contribution in [0.1, 0.15) is 102 Å². The number of sulfonamides is 1. The van der Waals surface area contributed by atoms with Crippen molar-refractivity contribution in [2.75, 3.05) is 19.3 Å². The van der Waals surface area contributed by atoms with E-state index in [1.54, 1.807) is 12.1 Å². The number of hydrogen-bond donors (Lipinski definition) is 5. The van der Waals surface area contributed by atoms with E-state index in [9.17, 15) is 37.2 Å². The molecule has 1 aliphatic carbocycles. The second kappa shape index (κ2) is 23.2. The van der Waals surface area contributed by atoms with Crippen LogP contribution in [-0.4, -0.2) is 98.3 Å². The van der Waals surface area contributed by atoms with E-state index in [1.807, 2.05) is 75.4 Å². The number of primary amides is 1. The first-order valence-electron chi connectivity index (χ1n) is 21.0. The molecule has 2 aromatic carbocycles. The molecule has 60 heavy (non-hydrogen) atoms. The molecule has 4 rings (SSSR count). The molecule has 1 aliphatic heterocycles. The number of allylic oxidation sites excluding steroid dienone is 1. The molecule has 6 N–H and O–H groups in total. The fourth-order valence-electron chi connectivity index (χ4n) is 7.72. The minimum atomic E-state index is -3.78. The highest BCUT2D eigenvalue weighted by molar-refractivity contribution is 7.88. The fraction of sp³-hybridized carbons (Fsp3) is 0.545. The molecule has 16 heteroatoms. The second-order valence-corrected chi connectivity index (χ2v) is 18.0. The molecule has 6 atom stereocenters. The Hall–Kier alpha value is -4.93. The number of hydrogen-bond acceptors (Lipinski definition) is 9. The summed E-state index contributed by atoms with van der Waals surface area (Å²) in [5, 5.41) is 8.20. The third-order valence-electron chi connectivity index (χ3n) is 10.7. The lowest BCUT2D eigenvalue weighted by atomic mass is 9.92. The molecule has 2 aliphatic rings. The van der Waals surface area contributed by atoms with Crippen LogP contribution in [0.4, 0.5) is 0 Å². The van der Waals surface area contributed by atoms with E-state index in [0.29, 0.717) is 37.7 Å². The average Bonchev–Trinajstić information content (AvgIpc) is 3.66. The third kappa shape index (κ3) is 14.7. The average molecular weight is 851 g/mol. The standard InChI is InChI=1S/C44H62N6O9S/c1-5-16-35(39(51)43(55)46-24-15-23-34(40(45)52)31-19-11-7-12-20-31)47-42(54)37-26-33(59-28-30-17-9-6-10-18-30)27-50(37)44(56)38(32-21-13-8-14-22-32)48-41(53)36(25-29(2)3)49-60(4,57)58/h6-7,9-12,17-21,29,33-38,49H,5,8,13-16,22-28H2,1-4H3,(H2,45,52)(H,46,55)(H,47,54)(H,48,53)/t33-,34?,35?,36+,37+,38+/m1/s1. The van der Waals surface area contributed by atoms with Crippen LogP contribution in [0.5, 0.6) is 0 Å². The van der Waals surface area contributed by atoms with E-state index in [1.165, 1.54) is 4.90 Å². The molecule has 1 fully saturated rings. The van der Waals surface area contributed by atoms with Gasteiger partial charge in [-0.25, -0.2) is 13.1 Å². The molecule has 15 nitrogen and oxygen atoms in total.